The van der Waals surface area contributed by atoms with E-state index in [1.807, 2.05) is 30.3 Å². The number of hydrogen-bond donors (Lipinski definition) is 4. The van der Waals surface area contributed by atoms with Crippen molar-refractivity contribution in [2.24, 2.45) is 0 Å². The Balaban J connectivity index is 0.000000180. The third-order valence-electron chi connectivity index (χ3n) is 2.49. The third-order valence-corrected chi connectivity index (χ3v) is 2.49. The zero-order valence-corrected chi connectivity index (χ0v) is 10.0. The number of aliphatic hydroxyl groups excluding tert-OH is 4. The monoisotopic (exact) mass is 255 g/mol. The molecule has 1 aromatic rings. The first-order valence-corrected chi connectivity index (χ1v) is 5.79. The molecule has 1 aliphatic heterocycles. The highest BCUT2D eigenvalue weighted by Crippen LogP contribution is 2.10. The van der Waals surface area contributed by atoms with Crippen molar-refractivity contribution in [2.45, 2.75) is 24.7 Å². The molecule has 1 aromatic carbocycles. The number of benzene rings is 1. The van der Waals surface area contributed by atoms with Crippen molar-refractivity contribution < 1.29 is 25.2 Å². The van der Waals surface area contributed by atoms with Gasteiger partial charge in [-0.25, -0.2) is 0 Å². The van der Waals surface area contributed by atoms with Gasteiger partial charge in [-0.1, -0.05) is 30.3 Å². The Hall–Kier alpha value is -0.980. The summed E-state index contributed by atoms with van der Waals surface area (Å²) < 4.78 is 4.58. The van der Waals surface area contributed by atoms with Gasteiger partial charge in [0.2, 0.25) is 0 Å². The average molecular weight is 255 g/mol. The minimum Gasteiger partial charge on any atom is -0.396 e. The molecule has 0 spiro atoms. The molecule has 1 fully saturated rings. The number of hydrogen-bond acceptors (Lipinski definition) is 5. The lowest BCUT2D eigenvalue weighted by atomic mass is 10.1. The lowest BCUT2D eigenvalue weighted by molar-refractivity contribution is -0.124. The molecule has 0 aliphatic carbocycles. The maximum Gasteiger partial charge on any atom is 0.115 e. The molecule has 4 N–H and O–H groups in total. The van der Waals surface area contributed by atoms with Crippen molar-refractivity contribution in [2.75, 3.05) is 13.2 Å². The van der Waals surface area contributed by atoms with E-state index in [1.165, 1.54) is 5.56 Å². The quantitative estimate of drug-likeness (QED) is 0.571. The van der Waals surface area contributed by atoms with Crippen LogP contribution in [0.2, 0.25) is 0 Å². The van der Waals surface area contributed by atoms with Crippen LogP contribution in [-0.4, -0.2) is 52.0 Å². The third kappa shape index (κ3) is 5.12. The zero-order valence-electron chi connectivity index (χ0n) is 10.0. The molecule has 2 rings (SSSR count). The van der Waals surface area contributed by atoms with Gasteiger partial charge in [0.25, 0.3) is 0 Å². The Morgan fingerprint density at radius 2 is 1.78 bits per heavy atom. The Morgan fingerprint density at radius 1 is 1.11 bits per heavy atom. The first kappa shape index (κ1) is 15.1. The molecule has 1 heterocycles. The van der Waals surface area contributed by atoms with Crippen molar-refractivity contribution in [3.63, 3.8) is 0 Å². The SMILES string of the molecule is OCCc1ccccc1.O[C@H]1[C@H](O)CO[CH][C@@H]1O. The molecule has 1 saturated heterocycles. The van der Waals surface area contributed by atoms with Gasteiger partial charge >= 0.3 is 0 Å². The summed E-state index contributed by atoms with van der Waals surface area (Å²) in [6.45, 7) is 1.40. The molecule has 0 unspecified atom stereocenters. The zero-order chi connectivity index (χ0) is 13.4. The van der Waals surface area contributed by atoms with Crippen molar-refractivity contribution in [3.8, 4) is 0 Å². The van der Waals surface area contributed by atoms with Gasteiger partial charge in [0.15, 0.2) is 0 Å². The molecular formula is C13H19O5. The predicted octanol–water partition coefficient (Wildman–Crippen LogP) is -0.518. The predicted molar refractivity (Wildman–Crippen MR) is 65.5 cm³/mol. The van der Waals surface area contributed by atoms with E-state index >= 15 is 0 Å². The van der Waals surface area contributed by atoms with E-state index in [9.17, 15) is 0 Å². The molecule has 1 radical (unpaired) electrons. The second-order valence-corrected chi connectivity index (χ2v) is 3.98. The molecule has 5 heteroatoms. The minimum atomic E-state index is -1.10. The van der Waals surface area contributed by atoms with E-state index in [-0.39, 0.29) is 13.2 Å². The molecule has 101 valence electrons. The maximum atomic E-state index is 8.83. The smallest absolute Gasteiger partial charge is 0.115 e. The summed E-state index contributed by atoms with van der Waals surface area (Å²) in [5.74, 6) is 0. The van der Waals surface area contributed by atoms with Gasteiger partial charge < -0.3 is 25.2 Å². The second kappa shape index (κ2) is 8.18. The fourth-order valence-corrected chi connectivity index (χ4v) is 1.43. The van der Waals surface area contributed by atoms with Crippen LogP contribution in [0.1, 0.15) is 5.56 Å². The number of ether oxygens (including phenoxy) is 1. The Bertz CT molecular complexity index is 306. The summed E-state index contributed by atoms with van der Waals surface area (Å²) >= 11 is 0. The van der Waals surface area contributed by atoms with E-state index in [1.54, 1.807) is 0 Å². The van der Waals surface area contributed by atoms with Crippen LogP contribution >= 0.6 is 0 Å². The van der Waals surface area contributed by atoms with Crippen LogP contribution < -0.4 is 0 Å². The van der Waals surface area contributed by atoms with Crippen LogP contribution in [0.3, 0.4) is 0 Å². The summed E-state index contributed by atoms with van der Waals surface area (Å²) in [5.41, 5.74) is 1.19. The van der Waals surface area contributed by atoms with E-state index in [2.05, 4.69) is 4.74 Å². The lowest BCUT2D eigenvalue weighted by Gasteiger charge is -2.27. The highest BCUT2D eigenvalue weighted by Gasteiger charge is 2.29. The summed E-state index contributed by atoms with van der Waals surface area (Å²) in [7, 11) is 0. The van der Waals surface area contributed by atoms with E-state index < -0.39 is 18.3 Å². The maximum absolute atomic E-state index is 8.83. The highest BCUT2D eigenvalue weighted by molar-refractivity contribution is 5.14. The van der Waals surface area contributed by atoms with E-state index in [0.717, 1.165) is 13.0 Å². The van der Waals surface area contributed by atoms with Gasteiger partial charge in [-0.2, -0.15) is 0 Å². The van der Waals surface area contributed by atoms with Crippen molar-refractivity contribution in [3.05, 3.63) is 42.5 Å². The number of aliphatic hydroxyl groups is 4. The van der Waals surface area contributed by atoms with Crippen LogP contribution in [0.15, 0.2) is 30.3 Å². The summed E-state index contributed by atoms with van der Waals surface area (Å²) in [6, 6.07) is 9.95. The Morgan fingerprint density at radius 3 is 2.28 bits per heavy atom. The van der Waals surface area contributed by atoms with Gasteiger partial charge in [-0.05, 0) is 12.0 Å². The van der Waals surface area contributed by atoms with Crippen LogP contribution in [0.4, 0.5) is 0 Å². The number of rotatable bonds is 2. The normalized spacial score (nSPS) is 27.2. The fraction of sp³-hybridized carbons (Fsp3) is 0.462. The largest absolute Gasteiger partial charge is 0.396 e. The Labute approximate surface area is 106 Å². The van der Waals surface area contributed by atoms with Crippen molar-refractivity contribution in [1.82, 2.24) is 0 Å². The van der Waals surface area contributed by atoms with Gasteiger partial charge in [0.1, 0.15) is 24.9 Å². The minimum absolute atomic E-state index is 0.0538. The Kier molecular flexibility index (Phi) is 6.85. The lowest BCUT2D eigenvalue weighted by Crippen LogP contribution is -2.44. The topological polar surface area (TPSA) is 90.2 Å². The highest BCUT2D eigenvalue weighted by atomic mass is 16.5. The molecule has 3 atom stereocenters. The first-order chi connectivity index (χ1) is 8.65. The van der Waals surface area contributed by atoms with Crippen molar-refractivity contribution >= 4 is 0 Å². The molecule has 0 bridgehead atoms. The van der Waals surface area contributed by atoms with Gasteiger partial charge in [0, 0.05) is 6.61 Å². The average Bonchev–Trinajstić information content (AvgIpc) is 2.38. The fourth-order valence-electron chi connectivity index (χ4n) is 1.43. The van der Waals surface area contributed by atoms with Gasteiger partial charge in [-0.3, -0.25) is 0 Å². The van der Waals surface area contributed by atoms with Crippen LogP contribution in [-0.2, 0) is 11.2 Å². The molecule has 0 amide bonds. The van der Waals surface area contributed by atoms with Gasteiger partial charge in [-0.15, -0.1) is 0 Å². The van der Waals surface area contributed by atoms with Crippen LogP contribution in [0.5, 0.6) is 0 Å². The summed E-state index contributed by atoms with van der Waals surface area (Å²) in [6.07, 6.45) is -2.36. The van der Waals surface area contributed by atoms with Gasteiger partial charge in [0.05, 0.1) is 6.61 Å². The molecule has 1 aliphatic rings. The standard InChI is InChI=1S/C8H10O.C5H9O4/c9-7-6-8-4-2-1-3-5-8;6-3-1-9-2-4(7)5(3)8/h1-5,9H,6-7H2;1,3-8H,2H2/t;3-,4+,5+/m.0/s1. The van der Waals surface area contributed by atoms with E-state index in [0.29, 0.717) is 0 Å². The van der Waals surface area contributed by atoms with E-state index in [4.69, 9.17) is 20.4 Å². The van der Waals surface area contributed by atoms with Crippen LogP contribution in [0, 0.1) is 6.61 Å². The first-order valence-electron chi connectivity index (χ1n) is 5.79. The molecule has 18 heavy (non-hydrogen) atoms. The molecule has 0 aromatic heterocycles. The molecule has 0 saturated carbocycles. The summed E-state index contributed by atoms with van der Waals surface area (Å²) in [5, 5.41) is 34.9. The molecular weight excluding hydrogens is 236 g/mol. The second-order valence-electron chi connectivity index (χ2n) is 3.98. The van der Waals surface area contributed by atoms with Crippen molar-refractivity contribution in [1.29, 1.82) is 0 Å². The van der Waals surface area contributed by atoms with Crippen LogP contribution in [0.25, 0.3) is 0 Å². The molecule has 5 nitrogen and oxygen atoms in total. The summed E-state index contributed by atoms with van der Waals surface area (Å²) in [4.78, 5) is 0.